The number of carbonyl (C=O) groups is 2. The fourth-order valence-electron chi connectivity index (χ4n) is 8.58. The molecule has 1 N–H and O–H groups in total. The van der Waals surface area contributed by atoms with E-state index in [-0.39, 0.29) is 41.1 Å². The number of amides is 2. The Balaban J connectivity index is 1.28. The number of ether oxygens (including phenoxy) is 3. The molecular weight excluding hydrogens is 662 g/mol. The van der Waals surface area contributed by atoms with Gasteiger partial charge in [0.25, 0.3) is 5.91 Å². The molecule has 49 heavy (non-hydrogen) atoms. The molecule has 6 atom stereocenters. The van der Waals surface area contributed by atoms with E-state index < -0.39 is 15.8 Å². The van der Waals surface area contributed by atoms with Crippen molar-refractivity contribution in [3.05, 3.63) is 70.3 Å². The van der Waals surface area contributed by atoms with Crippen molar-refractivity contribution in [3.63, 3.8) is 0 Å². The highest BCUT2D eigenvalue weighted by Gasteiger charge is 2.44. The van der Waals surface area contributed by atoms with E-state index in [2.05, 4.69) is 38.3 Å². The number of carbonyl (C=O) groups excluding carboxylic acids is 2. The van der Waals surface area contributed by atoms with Crippen LogP contribution in [-0.2, 0) is 36.0 Å². The predicted molar refractivity (Wildman–Crippen MR) is 192 cm³/mol. The van der Waals surface area contributed by atoms with Crippen molar-refractivity contribution in [1.82, 2.24) is 4.72 Å². The van der Waals surface area contributed by atoms with Crippen LogP contribution in [0.5, 0.6) is 5.75 Å². The number of halogens is 1. The second kappa shape index (κ2) is 14.0. The maximum atomic E-state index is 14.4. The molecule has 2 bridgehead atoms. The van der Waals surface area contributed by atoms with Crippen LogP contribution in [0.2, 0.25) is 5.02 Å². The van der Waals surface area contributed by atoms with Crippen LogP contribution in [0.1, 0.15) is 73.4 Å². The van der Waals surface area contributed by atoms with Crippen LogP contribution in [0.15, 0.2) is 52.9 Å². The molecule has 2 saturated carbocycles. The van der Waals surface area contributed by atoms with Gasteiger partial charge in [-0.1, -0.05) is 36.7 Å². The molecule has 2 fully saturated rings. The summed E-state index contributed by atoms with van der Waals surface area (Å²) in [7, 11) is -0.0265. The zero-order chi connectivity index (χ0) is 34.3. The third-order valence-electron chi connectivity index (χ3n) is 11.6. The van der Waals surface area contributed by atoms with Gasteiger partial charge in [0.15, 0.2) is 0 Å². The number of hydrogen-bond acceptors (Lipinski definition) is 7. The minimum Gasteiger partial charge on any atom is -0.490 e. The zero-order valence-electron chi connectivity index (χ0n) is 28.7. The van der Waals surface area contributed by atoms with E-state index in [4.69, 9.17) is 25.8 Å². The summed E-state index contributed by atoms with van der Waals surface area (Å²) in [4.78, 5) is 29.5. The molecule has 2 heterocycles. The highest BCUT2D eigenvalue weighted by Crippen LogP contribution is 2.47. The van der Waals surface area contributed by atoms with E-state index in [0.717, 1.165) is 61.7 Å². The first kappa shape index (κ1) is 34.5. The summed E-state index contributed by atoms with van der Waals surface area (Å²) in [5, 5.41) is 0.746. The van der Waals surface area contributed by atoms with Crippen LogP contribution in [0, 0.1) is 23.7 Å². The molecule has 2 aromatic carbocycles. The van der Waals surface area contributed by atoms with E-state index in [1.54, 1.807) is 20.3 Å². The van der Waals surface area contributed by atoms with Gasteiger partial charge in [0, 0.05) is 49.2 Å². The second-order valence-corrected chi connectivity index (χ2v) is 17.4. The third-order valence-corrected chi connectivity index (χ3v) is 13.8. The van der Waals surface area contributed by atoms with Crippen LogP contribution in [0.4, 0.5) is 5.69 Å². The smallest absolute Gasteiger partial charge is 0.286 e. The Labute approximate surface area is 295 Å². The number of rotatable bonds is 4. The van der Waals surface area contributed by atoms with Gasteiger partial charge in [-0.05, 0) is 111 Å². The molecule has 1 spiro atoms. The SMILES string of the molecule is COC1CC(C(=O)NS2(=O)=NC(=O)c3ccc4c(c3)N(C[C@@H]3CC[C@H]3[C@@H](OC)/C=C\C[C@H](C)C2)C[C@@]2(CCCc3cc(Cl)ccc32)CO4)C1. The molecule has 1 unspecified atom stereocenters. The van der Waals surface area contributed by atoms with E-state index in [0.29, 0.717) is 43.3 Å². The van der Waals surface area contributed by atoms with Gasteiger partial charge in [-0.15, -0.1) is 4.36 Å². The number of fused-ring (bicyclic) bond motifs is 4. The Morgan fingerprint density at radius 3 is 2.73 bits per heavy atom. The quantitative estimate of drug-likeness (QED) is 0.361. The van der Waals surface area contributed by atoms with Crippen LogP contribution in [0.3, 0.4) is 0 Å². The summed E-state index contributed by atoms with van der Waals surface area (Å²) in [6, 6.07) is 11.6. The topological polar surface area (TPSA) is 107 Å². The highest BCUT2D eigenvalue weighted by atomic mass is 35.5. The summed E-state index contributed by atoms with van der Waals surface area (Å²) in [6.07, 6.45) is 11.1. The average Bonchev–Trinajstić information content (AvgIpc) is 3.18. The predicted octanol–water partition coefficient (Wildman–Crippen LogP) is 6.51. The van der Waals surface area contributed by atoms with Gasteiger partial charge in [-0.2, -0.15) is 0 Å². The van der Waals surface area contributed by atoms with Gasteiger partial charge in [-0.25, -0.2) is 4.21 Å². The molecule has 11 heteroatoms. The van der Waals surface area contributed by atoms with Crippen molar-refractivity contribution in [1.29, 1.82) is 0 Å². The summed E-state index contributed by atoms with van der Waals surface area (Å²) in [6.45, 7) is 4.01. The lowest BCUT2D eigenvalue weighted by atomic mass is 9.68. The van der Waals surface area contributed by atoms with Crippen LogP contribution < -0.4 is 14.4 Å². The van der Waals surface area contributed by atoms with Crippen molar-refractivity contribution < 1.29 is 28.0 Å². The highest BCUT2D eigenvalue weighted by molar-refractivity contribution is 7.92. The van der Waals surface area contributed by atoms with Gasteiger partial charge >= 0.3 is 0 Å². The number of benzene rings is 2. The van der Waals surface area contributed by atoms with E-state index >= 15 is 0 Å². The molecule has 9 nitrogen and oxygen atoms in total. The molecule has 2 aliphatic heterocycles. The molecule has 0 aromatic heterocycles. The Bertz CT molecular complexity index is 1750. The normalized spacial score (nSPS) is 34.9. The minimum atomic E-state index is -3.42. The summed E-state index contributed by atoms with van der Waals surface area (Å²) in [5.41, 5.74) is 3.47. The van der Waals surface area contributed by atoms with Gasteiger partial charge in [0.2, 0.25) is 5.91 Å². The number of hydrogen-bond donors (Lipinski definition) is 1. The minimum absolute atomic E-state index is 0.0146. The second-order valence-electron chi connectivity index (χ2n) is 15.0. The summed E-state index contributed by atoms with van der Waals surface area (Å²) < 4.78 is 39.5. The lowest BCUT2D eigenvalue weighted by Gasteiger charge is -2.46. The number of nitrogens with one attached hydrogen (secondary N) is 1. The molecule has 264 valence electrons. The molecule has 0 saturated heterocycles. The monoisotopic (exact) mass is 709 g/mol. The van der Waals surface area contributed by atoms with Crippen LogP contribution in [-0.4, -0.2) is 67.9 Å². The van der Waals surface area contributed by atoms with Gasteiger partial charge < -0.3 is 19.1 Å². The molecule has 3 aliphatic carbocycles. The largest absolute Gasteiger partial charge is 0.490 e. The Hall–Kier alpha value is -2.92. The Morgan fingerprint density at radius 1 is 1.14 bits per heavy atom. The Kier molecular flexibility index (Phi) is 9.87. The van der Waals surface area contributed by atoms with Gasteiger partial charge in [0.1, 0.15) is 15.7 Å². The number of allylic oxidation sites excluding steroid dienone is 1. The number of anilines is 1. The van der Waals surface area contributed by atoms with Crippen molar-refractivity contribution in [2.75, 3.05) is 44.6 Å². The molecule has 5 aliphatic rings. The zero-order valence-corrected chi connectivity index (χ0v) is 30.3. The molecule has 0 radical (unpaired) electrons. The lowest BCUT2D eigenvalue weighted by molar-refractivity contribution is -0.130. The summed E-state index contributed by atoms with van der Waals surface area (Å²) in [5.74, 6) is 0.170. The first-order valence-electron chi connectivity index (χ1n) is 17.7. The third kappa shape index (κ3) is 7.03. The van der Waals surface area contributed by atoms with Crippen molar-refractivity contribution >= 4 is 39.0 Å². The fraction of sp³-hybridized carbons (Fsp3) is 0.579. The summed E-state index contributed by atoms with van der Waals surface area (Å²) >= 11 is 6.45. The van der Waals surface area contributed by atoms with Crippen LogP contribution >= 0.6 is 11.6 Å². The number of nitrogens with zero attached hydrogens (tertiary/aromatic N) is 2. The van der Waals surface area contributed by atoms with Crippen molar-refractivity contribution in [2.24, 2.45) is 28.0 Å². The van der Waals surface area contributed by atoms with E-state index in [9.17, 15) is 13.8 Å². The first-order valence-corrected chi connectivity index (χ1v) is 19.8. The average molecular weight is 710 g/mol. The fourth-order valence-corrected chi connectivity index (χ4v) is 10.7. The lowest BCUT2D eigenvalue weighted by Crippen LogP contribution is -2.49. The Morgan fingerprint density at radius 2 is 1.98 bits per heavy atom. The molecule has 2 amide bonds. The van der Waals surface area contributed by atoms with Gasteiger partial charge in [-0.3, -0.25) is 14.3 Å². The van der Waals surface area contributed by atoms with Gasteiger partial charge in [0.05, 0.1) is 30.3 Å². The first-order chi connectivity index (χ1) is 23.6. The number of aryl methyl sites for hydroxylation is 1. The molecular formula is C38H48ClN3O6S. The maximum Gasteiger partial charge on any atom is 0.286 e. The standard InChI is InChI=1S/C38H48ClN3O6S/c1-24-6-4-8-34(47-3)31-12-9-27(31)20-42-22-38(15-5-7-25-16-29(39)11-13-32(25)38)23-48-35-14-10-26(19-33(35)42)36(43)40-49(45,21-24)41-37(44)28-17-30(18-28)46-2/h4,8,10-11,13-14,16,19,24,27-28,30-31,34H,5-7,9,12,15,17-18,20-23H2,1-3H3,(H,40,41,43,44,45)/b8-4-/t24-,27-,28?,30?,31+,34-,38-,49?/m0/s1. The maximum absolute atomic E-state index is 14.4. The van der Waals surface area contributed by atoms with Crippen LogP contribution in [0.25, 0.3) is 0 Å². The number of methoxy groups -OCH3 is 2. The molecule has 7 rings (SSSR count). The van der Waals surface area contributed by atoms with Crippen molar-refractivity contribution in [2.45, 2.75) is 75.9 Å². The van der Waals surface area contributed by atoms with E-state index in [1.807, 2.05) is 25.1 Å². The van der Waals surface area contributed by atoms with E-state index in [1.165, 1.54) is 11.1 Å². The molecule has 2 aromatic rings. The van der Waals surface area contributed by atoms with Crippen molar-refractivity contribution in [3.8, 4) is 5.75 Å².